The molecule has 104 valence electrons. The van der Waals surface area contributed by atoms with Crippen LogP contribution in [-0.4, -0.2) is 16.4 Å². The van der Waals surface area contributed by atoms with Crippen LogP contribution in [0.3, 0.4) is 0 Å². The summed E-state index contributed by atoms with van der Waals surface area (Å²) < 4.78 is 0. The molecule has 6 heteroatoms. The Kier molecular flexibility index (Phi) is 4.33. The van der Waals surface area contributed by atoms with Crippen molar-refractivity contribution in [1.29, 1.82) is 0 Å². The molecule has 0 aliphatic heterocycles. The highest BCUT2D eigenvalue weighted by molar-refractivity contribution is 6.34. The molecule has 0 spiro atoms. The van der Waals surface area contributed by atoms with Crippen LogP contribution >= 0.6 is 23.2 Å². The van der Waals surface area contributed by atoms with E-state index in [9.17, 15) is 4.79 Å². The van der Waals surface area contributed by atoms with Gasteiger partial charge in [0.2, 0.25) is 5.91 Å². The minimum Gasteiger partial charge on any atom is -0.325 e. The second-order valence-electron chi connectivity index (χ2n) is 5.22. The fourth-order valence-electron chi connectivity index (χ4n) is 2.50. The number of hydrogen-bond donors (Lipinski definition) is 2. The van der Waals surface area contributed by atoms with E-state index in [2.05, 4.69) is 10.3 Å². The van der Waals surface area contributed by atoms with Gasteiger partial charge in [0.15, 0.2) is 5.15 Å². The lowest BCUT2D eigenvalue weighted by Crippen LogP contribution is -2.40. The topological polar surface area (TPSA) is 68.0 Å². The Morgan fingerprint density at radius 2 is 2.11 bits per heavy atom. The summed E-state index contributed by atoms with van der Waals surface area (Å²) in [6, 6.07) is 1.66. The average Bonchev–Trinajstić information content (AvgIpc) is 2.70. The molecule has 1 amide bonds. The predicted octanol–water partition coefficient (Wildman–Crippen LogP) is 3.30. The molecule has 3 N–H and O–H groups in total. The Morgan fingerprint density at radius 3 is 2.68 bits per heavy atom. The van der Waals surface area contributed by atoms with Gasteiger partial charge in [-0.2, -0.15) is 0 Å². The summed E-state index contributed by atoms with van der Waals surface area (Å²) in [5.41, 5.74) is 7.11. The Morgan fingerprint density at radius 1 is 1.47 bits per heavy atom. The number of halogens is 2. The zero-order chi connectivity index (χ0) is 14.0. The molecule has 1 aromatic rings. The predicted molar refractivity (Wildman–Crippen MR) is 77.6 cm³/mol. The number of pyridine rings is 1. The largest absolute Gasteiger partial charge is 0.325 e. The highest BCUT2D eigenvalue weighted by Crippen LogP contribution is 2.31. The summed E-state index contributed by atoms with van der Waals surface area (Å²) in [7, 11) is 0. The summed E-state index contributed by atoms with van der Waals surface area (Å²) in [5, 5.41) is 3.30. The van der Waals surface area contributed by atoms with Crippen molar-refractivity contribution in [3.05, 3.63) is 21.9 Å². The summed E-state index contributed by atoms with van der Waals surface area (Å²) >= 11 is 11.8. The van der Waals surface area contributed by atoms with Gasteiger partial charge < -0.3 is 11.1 Å². The molecule has 4 nitrogen and oxygen atoms in total. The molecule has 1 aliphatic rings. The molecule has 1 fully saturated rings. The molecule has 1 aromatic heterocycles. The highest BCUT2D eigenvalue weighted by atomic mass is 35.5. The van der Waals surface area contributed by atoms with Gasteiger partial charge in [-0.15, -0.1) is 0 Å². The van der Waals surface area contributed by atoms with Crippen LogP contribution in [0.1, 0.15) is 37.7 Å². The van der Waals surface area contributed by atoms with Crippen molar-refractivity contribution in [3.8, 4) is 0 Å². The van der Waals surface area contributed by atoms with E-state index in [1.54, 1.807) is 6.07 Å². The monoisotopic (exact) mass is 301 g/mol. The average molecular weight is 302 g/mol. The number of carbonyl (C=O) groups is 1. The maximum absolute atomic E-state index is 12.1. The van der Waals surface area contributed by atoms with Gasteiger partial charge in [0.05, 0.1) is 5.69 Å². The van der Waals surface area contributed by atoms with Crippen LogP contribution in [0.4, 0.5) is 5.69 Å². The van der Waals surface area contributed by atoms with E-state index in [1.165, 1.54) is 0 Å². The molecule has 0 bridgehead atoms. The molecule has 19 heavy (non-hydrogen) atoms. The summed E-state index contributed by atoms with van der Waals surface area (Å²) in [5.74, 6) is -0.126. The van der Waals surface area contributed by atoms with Crippen LogP contribution in [0, 0.1) is 6.92 Å². The second-order valence-corrected chi connectivity index (χ2v) is 5.97. The van der Waals surface area contributed by atoms with Gasteiger partial charge in [0.1, 0.15) is 5.15 Å². The lowest BCUT2D eigenvalue weighted by Gasteiger charge is -2.23. The van der Waals surface area contributed by atoms with Gasteiger partial charge in [-0.25, -0.2) is 4.98 Å². The third kappa shape index (κ3) is 3.59. The van der Waals surface area contributed by atoms with Gasteiger partial charge >= 0.3 is 0 Å². The number of aryl methyl sites for hydroxylation is 1. The molecular formula is C13H17Cl2N3O. The smallest absolute Gasteiger partial charge is 0.226 e. The van der Waals surface area contributed by atoms with E-state index in [0.717, 1.165) is 31.2 Å². The van der Waals surface area contributed by atoms with E-state index in [4.69, 9.17) is 28.9 Å². The first kappa shape index (κ1) is 14.6. The van der Waals surface area contributed by atoms with Crippen molar-refractivity contribution in [2.24, 2.45) is 5.73 Å². The summed E-state index contributed by atoms with van der Waals surface area (Å²) in [6.07, 6.45) is 4.28. The Bertz CT molecular complexity index is 476. The molecule has 1 heterocycles. The molecule has 0 radical (unpaired) electrons. The van der Waals surface area contributed by atoms with Crippen molar-refractivity contribution in [1.82, 2.24) is 4.98 Å². The first-order valence-corrected chi connectivity index (χ1v) is 7.07. The van der Waals surface area contributed by atoms with Crippen molar-refractivity contribution >= 4 is 34.8 Å². The van der Waals surface area contributed by atoms with Crippen LogP contribution in [0.5, 0.6) is 0 Å². The zero-order valence-electron chi connectivity index (χ0n) is 10.8. The molecule has 1 saturated carbocycles. The van der Waals surface area contributed by atoms with Gasteiger partial charge in [-0.1, -0.05) is 36.0 Å². The molecule has 0 atom stereocenters. The minimum atomic E-state index is -0.371. The fraction of sp³-hybridized carbons (Fsp3) is 0.538. The quantitative estimate of drug-likeness (QED) is 0.842. The van der Waals surface area contributed by atoms with Gasteiger partial charge in [0, 0.05) is 12.0 Å². The number of rotatable bonds is 3. The summed E-state index contributed by atoms with van der Waals surface area (Å²) in [4.78, 5) is 16.0. The number of nitrogens with one attached hydrogen (secondary N) is 1. The molecule has 0 unspecified atom stereocenters. The SMILES string of the molecule is Cc1cc(Cl)nc(Cl)c1NC(=O)CC1(N)CCCC1. The zero-order valence-corrected chi connectivity index (χ0v) is 12.3. The third-order valence-corrected chi connectivity index (χ3v) is 3.98. The lowest BCUT2D eigenvalue weighted by atomic mass is 9.94. The van der Waals surface area contributed by atoms with Crippen LogP contribution in [0.25, 0.3) is 0 Å². The molecule has 0 saturated heterocycles. The molecule has 1 aliphatic carbocycles. The minimum absolute atomic E-state index is 0.126. The van der Waals surface area contributed by atoms with E-state index in [0.29, 0.717) is 17.3 Å². The van der Waals surface area contributed by atoms with Gasteiger partial charge in [-0.3, -0.25) is 4.79 Å². The van der Waals surface area contributed by atoms with Crippen LogP contribution < -0.4 is 11.1 Å². The van der Waals surface area contributed by atoms with Crippen molar-refractivity contribution < 1.29 is 4.79 Å². The van der Waals surface area contributed by atoms with Crippen LogP contribution in [-0.2, 0) is 4.79 Å². The molecule has 2 rings (SSSR count). The first-order valence-electron chi connectivity index (χ1n) is 6.31. The van der Waals surface area contributed by atoms with Crippen molar-refractivity contribution in [2.45, 2.75) is 44.6 Å². The normalized spacial score (nSPS) is 17.5. The van der Waals surface area contributed by atoms with E-state index in [-0.39, 0.29) is 16.6 Å². The highest BCUT2D eigenvalue weighted by Gasteiger charge is 2.31. The van der Waals surface area contributed by atoms with Crippen molar-refractivity contribution in [3.63, 3.8) is 0 Å². The van der Waals surface area contributed by atoms with Crippen LogP contribution in [0.15, 0.2) is 6.07 Å². The Balaban J connectivity index is 2.07. The first-order chi connectivity index (χ1) is 8.89. The number of nitrogens with zero attached hydrogens (tertiary/aromatic N) is 1. The third-order valence-electron chi connectivity index (χ3n) is 3.52. The van der Waals surface area contributed by atoms with Gasteiger partial charge in [-0.05, 0) is 31.4 Å². The number of hydrogen-bond acceptors (Lipinski definition) is 3. The molecular weight excluding hydrogens is 285 g/mol. The van der Waals surface area contributed by atoms with Gasteiger partial charge in [0.25, 0.3) is 0 Å². The standard InChI is InChI=1S/C13H17Cl2N3O/c1-8-6-9(14)17-12(15)11(8)18-10(19)7-13(16)4-2-3-5-13/h6H,2-5,7,16H2,1H3,(H,18,19). The number of amides is 1. The maximum Gasteiger partial charge on any atom is 0.226 e. The molecule has 0 aromatic carbocycles. The van der Waals surface area contributed by atoms with E-state index < -0.39 is 0 Å². The maximum atomic E-state index is 12.1. The Hall–Kier alpha value is -0.840. The number of anilines is 1. The fourth-order valence-corrected chi connectivity index (χ4v) is 3.08. The second kappa shape index (κ2) is 5.65. The number of carbonyl (C=O) groups excluding carboxylic acids is 1. The Labute approximate surface area is 122 Å². The van der Waals surface area contributed by atoms with E-state index in [1.807, 2.05) is 6.92 Å². The lowest BCUT2D eigenvalue weighted by molar-refractivity contribution is -0.117. The summed E-state index contributed by atoms with van der Waals surface area (Å²) in [6.45, 7) is 1.82. The number of nitrogens with two attached hydrogens (primary N) is 1. The van der Waals surface area contributed by atoms with Crippen molar-refractivity contribution in [2.75, 3.05) is 5.32 Å². The van der Waals surface area contributed by atoms with E-state index >= 15 is 0 Å². The number of aromatic nitrogens is 1. The van der Waals surface area contributed by atoms with Crippen LogP contribution in [0.2, 0.25) is 10.3 Å².